The van der Waals surface area contributed by atoms with Crippen LogP contribution < -0.4 is 10.6 Å². The number of fused-ring (bicyclic) bond motifs is 1. The number of carbonyl (C=O) groups is 3. The Hall–Kier alpha value is -2.51. The van der Waals surface area contributed by atoms with Crippen molar-refractivity contribution >= 4 is 18.0 Å². The Labute approximate surface area is 260 Å². The molecule has 44 heavy (non-hydrogen) atoms. The van der Waals surface area contributed by atoms with Gasteiger partial charge in [-0.05, 0) is 30.6 Å². The van der Waals surface area contributed by atoms with Gasteiger partial charge in [0.25, 0.3) is 0 Å². The third kappa shape index (κ3) is 18.3. The summed E-state index contributed by atoms with van der Waals surface area (Å²) in [7, 11) is 1.63. The van der Waals surface area contributed by atoms with Gasteiger partial charge < -0.3 is 53.6 Å². The second kappa shape index (κ2) is 24.8. The molecule has 0 aliphatic heterocycles. The van der Waals surface area contributed by atoms with Crippen LogP contribution in [0.1, 0.15) is 32.1 Å². The molecular formula is C30H50N2O12. The van der Waals surface area contributed by atoms with Crippen molar-refractivity contribution in [3.05, 3.63) is 0 Å². The minimum Gasteiger partial charge on any atom is -0.481 e. The maximum atomic E-state index is 12.5. The zero-order valence-corrected chi connectivity index (χ0v) is 25.9. The number of rotatable bonds is 27. The number of amides is 2. The first-order chi connectivity index (χ1) is 21.5. The lowest BCUT2D eigenvalue weighted by atomic mass is 10.1. The van der Waals surface area contributed by atoms with Gasteiger partial charge in [-0.1, -0.05) is 0 Å². The molecule has 2 amide bonds. The van der Waals surface area contributed by atoms with Crippen molar-refractivity contribution in [2.75, 3.05) is 106 Å². The number of alkyl carbamates (subject to hydrolysis) is 1. The highest BCUT2D eigenvalue weighted by molar-refractivity contribution is 5.89. The molecule has 0 radical (unpaired) electrons. The summed E-state index contributed by atoms with van der Waals surface area (Å²) in [6.45, 7) is 6.15. The van der Waals surface area contributed by atoms with Crippen LogP contribution in [0.25, 0.3) is 0 Å². The van der Waals surface area contributed by atoms with E-state index in [1.807, 2.05) is 0 Å². The third-order valence-corrected chi connectivity index (χ3v) is 7.07. The van der Waals surface area contributed by atoms with Gasteiger partial charge in [0.15, 0.2) is 0 Å². The highest BCUT2D eigenvalue weighted by Crippen LogP contribution is 2.52. The largest absolute Gasteiger partial charge is 0.481 e. The lowest BCUT2D eigenvalue weighted by Crippen LogP contribution is -2.48. The molecule has 14 heteroatoms. The zero-order chi connectivity index (χ0) is 31.7. The number of hydrogen-bond acceptors (Lipinski definition) is 11. The predicted molar refractivity (Wildman–Crippen MR) is 157 cm³/mol. The fraction of sp³-hybridized carbons (Fsp3) is 0.833. The fourth-order valence-electron chi connectivity index (χ4n) is 4.74. The van der Waals surface area contributed by atoms with Crippen LogP contribution in [0.2, 0.25) is 0 Å². The van der Waals surface area contributed by atoms with Crippen LogP contribution in [0.5, 0.6) is 0 Å². The predicted octanol–water partition coefficient (Wildman–Crippen LogP) is 0.858. The minimum atomic E-state index is -1.25. The number of carbonyl (C=O) groups excluding carboxylic acids is 2. The standard InChI is InChI=1S/C30H50N2O12/c1-37-10-11-39-14-15-41-18-19-43-21-20-42-17-16-40-13-12-38-9-8-31-29(35)27(22-28(33)34)32-30(36)44-23-26-24-6-4-2-3-5-7-25(24)26/h24-27H,4-23H2,1H3,(H,31,35)(H,32,36)(H,33,34)/t24-,25+,26-,27-/m0/s1. The third-order valence-electron chi connectivity index (χ3n) is 7.07. The molecule has 0 heterocycles. The van der Waals surface area contributed by atoms with Gasteiger partial charge in [0.2, 0.25) is 5.91 Å². The van der Waals surface area contributed by atoms with E-state index < -0.39 is 30.4 Å². The maximum absolute atomic E-state index is 12.5. The Morgan fingerprint density at radius 3 is 1.64 bits per heavy atom. The lowest BCUT2D eigenvalue weighted by Gasteiger charge is -2.17. The molecule has 0 spiro atoms. The normalized spacial score (nSPS) is 19.4. The first-order valence-corrected chi connectivity index (χ1v) is 15.4. The first kappa shape index (κ1) is 37.7. The molecule has 4 atom stereocenters. The second-order valence-electron chi connectivity index (χ2n) is 10.3. The molecule has 1 saturated carbocycles. The van der Waals surface area contributed by atoms with Crippen LogP contribution in [0.4, 0.5) is 4.79 Å². The summed E-state index contributed by atoms with van der Waals surface area (Å²) in [6, 6.07) is -1.25. The summed E-state index contributed by atoms with van der Waals surface area (Å²) >= 11 is 0. The van der Waals surface area contributed by atoms with E-state index in [1.54, 1.807) is 7.11 Å². The molecule has 0 aromatic heterocycles. The Morgan fingerprint density at radius 2 is 1.18 bits per heavy atom. The van der Waals surface area contributed by atoms with Crippen molar-refractivity contribution in [2.24, 2.45) is 17.8 Å². The summed E-state index contributed by atoms with van der Waals surface area (Å²) in [5.74, 6) is 5.77. The number of carboxylic acids is 1. The summed E-state index contributed by atoms with van der Waals surface area (Å²) in [4.78, 5) is 36.0. The van der Waals surface area contributed by atoms with Gasteiger partial charge in [0.1, 0.15) is 6.04 Å². The molecule has 2 aliphatic carbocycles. The molecule has 0 bridgehead atoms. The molecule has 0 saturated heterocycles. The van der Waals surface area contributed by atoms with Crippen molar-refractivity contribution < 1.29 is 57.4 Å². The first-order valence-electron chi connectivity index (χ1n) is 15.4. The highest BCUT2D eigenvalue weighted by atomic mass is 16.6. The maximum Gasteiger partial charge on any atom is 0.407 e. The number of aliphatic carboxylic acids is 1. The fourth-order valence-corrected chi connectivity index (χ4v) is 4.74. The van der Waals surface area contributed by atoms with E-state index in [-0.39, 0.29) is 19.8 Å². The topological polar surface area (TPSA) is 169 Å². The summed E-state index contributed by atoms with van der Waals surface area (Å²) < 4.78 is 42.6. The van der Waals surface area contributed by atoms with Crippen molar-refractivity contribution in [1.29, 1.82) is 0 Å². The Kier molecular flexibility index (Phi) is 21.2. The molecule has 3 N–H and O–H groups in total. The van der Waals surface area contributed by atoms with Crippen LogP contribution in [-0.4, -0.2) is 135 Å². The van der Waals surface area contributed by atoms with E-state index in [2.05, 4.69) is 22.5 Å². The van der Waals surface area contributed by atoms with E-state index in [0.717, 1.165) is 25.7 Å². The van der Waals surface area contributed by atoms with Gasteiger partial charge in [-0.3, -0.25) is 9.59 Å². The summed E-state index contributed by atoms with van der Waals surface area (Å²) in [5, 5.41) is 14.1. The van der Waals surface area contributed by atoms with Crippen molar-refractivity contribution in [1.82, 2.24) is 10.6 Å². The Bertz CT molecular complexity index is 847. The van der Waals surface area contributed by atoms with Crippen molar-refractivity contribution in [3.63, 3.8) is 0 Å². The van der Waals surface area contributed by atoms with Crippen LogP contribution >= 0.6 is 0 Å². The monoisotopic (exact) mass is 630 g/mol. The van der Waals surface area contributed by atoms with Gasteiger partial charge >= 0.3 is 12.1 Å². The molecule has 0 aromatic carbocycles. The SMILES string of the molecule is COCCOCCOCCOCCOCCOCCOCCNC(=O)[C@H](CC(=O)O)NC(=O)OC[C@@H]1[C@@H]2CCC#CCC[C@@H]21. The van der Waals surface area contributed by atoms with Crippen LogP contribution in [0.15, 0.2) is 0 Å². The molecule has 0 aromatic rings. The number of hydrogen-bond donors (Lipinski definition) is 3. The lowest BCUT2D eigenvalue weighted by molar-refractivity contribution is -0.139. The molecule has 1 fully saturated rings. The number of nitrogens with one attached hydrogen (secondary N) is 2. The van der Waals surface area contributed by atoms with E-state index >= 15 is 0 Å². The average Bonchev–Trinajstić information content (AvgIpc) is 3.64. The zero-order valence-electron chi connectivity index (χ0n) is 25.9. The average molecular weight is 631 g/mol. The van der Waals surface area contributed by atoms with E-state index in [1.165, 1.54) is 0 Å². The highest BCUT2D eigenvalue weighted by Gasteiger charge is 2.49. The summed E-state index contributed by atoms with van der Waals surface area (Å²) in [6.07, 6.45) is 2.37. The molecule has 2 rings (SSSR count). The van der Waals surface area contributed by atoms with E-state index in [9.17, 15) is 14.4 Å². The van der Waals surface area contributed by atoms with Crippen molar-refractivity contribution in [3.8, 4) is 11.8 Å². The van der Waals surface area contributed by atoms with Gasteiger partial charge in [0, 0.05) is 26.5 Å². The quantitative estimate of drug-likeness (QED) is 0.0866. The van der Waals surface area contributed by atoms with E-state index in [4.69, 9.17) is 43.0 Å². The van der Waals surface area contributed by atoms with Crippen molar-refractivity contribution in [2.45, 2.75) is 38.1 Å². The van der Waals surface area contributed by atoms with E-state index in [0.29, 0.717) is 97.0 Å². The van der Waals surface area contributed by atoms with Crippen LogP contribution in [-0.2, 0) is 47.5 Å². The van der Waals surface area contributed by atoms with Gasteiger partial charge in [-0.15, -0.1) is 11.8 Å². The number of ether oxygens (including phenoxy) is 8. The Morgan fingerprint density at radius 1 is 0.727 bits per heavy atom. The second-order valence-corrected chi connectivity index (χ2v) is 10.3. The smallest absolute Gasteiger partial charge is 0.407 e. The summed E-state index contributed by atoms with van der Waals surface area (Å²) in [5.41, 5.74) is 0. The van der Waals surface area contributed by atoms with Gasteiger partial charge in [0.05, 0.1) is 98.9 Å². The van der Waals surface area contributed by atoms with Gasteiger partial charge in [-0.25, -0.2) is 4.79 Å². The molecule has 0 unspecified atom stereocenters. The minimum absolute atomic E-state index is 0.148. The Balaban J connectivity index is 1.39. The molecular weight excluding hydrogens is 580 g/mol. The number of carboxylic acid groups (broad SMARTS) is 1. The number of methoxy groups -OCH3 is 1. The van der Waals surface area contributed by atoms with Crippen LogP contribution in [0, 0.1) is 29.6 Å². The molecule has 14 nitrogen and oxygen atoms in total. The van der Waals surface area contributed by atoms with Gasteiger partial charge in [-0.2, -0.15) is 0 Å². The molecule has 2 aliphatic rings. The molecule has 252 valence electrons. The van der Waals surface area contributed by atoms with Crippen LogP contribution in [0.3, 0.4) is 0 Å².